The Morgan fingerprint density at radius 2 is 2.06 bits per heavy atom. The van der Waals surface area contributed by atoms with Gasteiger partial charge in [0.15, 0.2) is 10.3 Å². The molecule has 2 rings (SSSR count). The predicted molar refractivity (Wildman–Crippen MR) is 67.6 cm³/mol. The average molecular weight is 263 g/mol. The largest absolute Gasteiger partial charge is 0.382 e. The van der Waals surface area contributed by atoms with Gasteiger partial charge in [-0.25, -0.2) is 9.97 Å². The highest BCUT2D eigenvalue weighted by atomic mass is 32.2. The van der Waals surface area contributed by atoms with Gasteiger partial charge in [-0.05, 0) is 31.7 Å². The molecule has 0 atom stereocenters. The first kappa shape index (κ1) is 12.5. The van der Waals surface area contributed by atoms with Crippen molar-refractivity contribution in [2.24, 2.45) is 12.8 Å². The lowest BCUT2D eigenvalue weighted by molar-refractivity contribution is 0.761. The van der Waals surface area contributed by atoms with Crippen LogP contribution >= 0.6 is 11.8 Å². The van der Waals surface area contributed by atoms with E-state index in [2.05, 4.69) is 20.2 Å². The zero-order chi connectivity index (χ0) is 13.3. The highest BCUT2D eigenvalue weighted by molar-refractivity contribution is 7.99. The highest BCUT2D eigenvalue weighted by Gasteiger charge is 2.11. The molecular weight excluding hydrogens is 250 g/mol. The molecule has 0 radical (unpaired) electrons. The van der Waals surface area contributed by atoms with Gasteiger partial charge in [0.1, 0.15) is 17.4 Å². The Bertz CT molecular complexity index is 604. The summed E-state index contributed by atoms with van der Waals surface area (Å²) in [7, 11) is 1.87. The predicted octanol–water partition coefficient (Wildman–Crippen LogP) is 0.657. The van der Waals surface area contributed by atoms with Gasteiger partial charge in [0, 0.05) is 12.7 Å². The summed E-state index contributed by atoms with van der Waals surface area (Å²) in [4.78, 5) is 8.48. The minimum Gasteiger partial charge on any atom is -0.382 e. The van der Waals surface area contributed by atoms with E-state index in [1.165, 1.54) is 11.8 Å². The molecule has 0 amide bonds. The maximum Gasteiger partial charge on any atom is 0.198 e. The number of nitrogens with one attached hydrogen (secondary N) is 1. The molecule has 2 heterocycles. The molecular formula is C10H13N7S. The molecule has 0 spiro atoms. The number of hydrogen-bond donors (Lipinski definition) is 2. The van der Waals surface area contributed by atoms with Crippen molar-refractivity contribution in [1.29, 1.82) is 5.41 Å². The number of nitrogens with two attached hydrogens (primary N) is 1. The summed E-state index contributed by atoms with van der Waals surface area (Å²) in [6.45, 7) is 3.70. The lowest BCUT2D eigenvalue weighted by Gasteiger charge is -2.04. The molecule has 0 bridgehead atoms. The molecule has 0 aliphatic heterocycles. The fourth-order valence-electron chi connectivity index (χ4n) is 1.28. The number of rotatable bonds is 3. The first-order valence-electron chi connectivity index (χ1n) is 5.21. The fraction of sp³-hybridized carbons (Fsp3) is 0.300. The smallest absolute Gasteiger partial charge is 0.198 e. The van der Waals surface area contributed by atoms with Gasteiger partial charge < -0.3 is 10.3 Å². The molecule has 7 nitrogen and oxygen atoms in total. The van der Waals surface area contributed by atoms with Crippen LogP contribution in [0, 0.1) is 19.3 Å². The Morgan fingerprint density at radius 3 is 2.61 bits per heavy atom. The molecule has 8 heteroatoms. The summed E-state index contributed by atoms with van der Waals surface area (Å²) in [6, 6.07) is 1.67. The molecule has 0 aliphatic rings. The molecule has 0 aliphatic carbocycles. The minimum absolute atomic E-state index is 0.0727. The van der Waals surface area contributed by atoms with Crippen molar-refractivity contribution in [3.63, 3.8) is 0 Å². The van der Waals surface area contributed by atoms with E-state index in [1.54, 1.807) is 6.07 Å². The monoisotopic (exact) mass is 263 g/mol. The van der Waals surface area contributed by atoms with Crippen molar-refractivity contribution in [3.8, 4) is 0 Å². The van der Waals surface area contributed by atoms with Gasteiger partial charge in [-0.2, -0.15) is 0 Å². The van der Waals surface area contributed by atoms with Crippen molar-refractivity contribution in [2.75, 3.05) is 0 Å². The molecule has 18 heavy (non-hydrogen) atoms. The quantitative estimate of drug-likeness (QED) is 0.478. The highest BCUT2D eigenvalue weighted by Crippen LogP contribution is 2.22. The van der Waals surface area contributed by atoms with Gasteiger partial charge in [0.2, 0.25) is 0 Å². The molecule has 0 unspecified atom stereocenters. The number of aromatic nitrogens is 5. The van der Waals surface area contributed by atoms with Crippen molar-refractivity contribution in [1.82, 2.24) is 24.7 Å². The van der Waals surface area contributed by atoms with Crippen LogP contribution in [0.15, 0.2) is 16.4 Å². The molecule has 0 aromatic carbocycles. The second-order valence-corrected chi connectivity index (χ2v) is 4.72. The van der Waals surface area contributed by atoms with Crippen LogP contribution < -0.4 is 5.73 Å². The molecule has 94 valence electrons. The topological polar surface area (TPSA) is 106 Å². The van der Waals surface area contributed by atoms with Crippen molar-refractivity contribution < 1.29 is 0 Å². The lowest BCUT2D eigenvalue weighted by Crippen LogP contribution is -2.14. The van der Waals surface area contributed by atoms with Gasteiger partial charge >= 0.3 is 0 Å². The summed E-state index contributed by atoms with van der Waals surface area (Å²) in [5, 5.41) is 16.6. The third-order valence-corrected chi connectivity index (χ3v) is 3.25. The molecule has 0 fully saturated rings. The van der Waals surface area contributed by atoms with Crippen LogP contribution in [0.1, 0.15) is 17.2 Å². The third-order valence-electron chi connectivity index (χ3n) is 2.34. The molecule has 0 saturated heterocycles. The normalized spacial score (nSPS) is 10.6. The first-order valence-corrected chi connectivity index (χ1v) is 6.03. The second kappa shape index (κ2) is 4.73. The van der Waals surface area contributed by atoms with Gasteiger partial charge in [-0.15, -0.1) is 10.2 Å². The number of amidine groups is 1. The Hall–Kier alpha value is -1.96. The SMILES string of the molecule is Cc1cc(C(=N)N)nc(Sc2nnc(C)n2C)n1. The summed E-state index contributed by atoms with van der Waals surface area (Å²) >= 11 is 1.30. The van der Waals surface area contributed by atoms with Gasteiger partial charge in [-0.3, -0.25) is 5.41 Å². The van der Waals surface area contributed by atoms with E-state index in [0.717, 1.165) is 11.5 Å². The van der Waals surface area contributed by atoms with Crippen molar-refractivity contribution in [2.45, 2.75) is 24.2 Å². The zero-order valence-electron chi connectivity index (χ0n) is 10.3. The van der Waals surface area contributed by atoms with Gasteiger partial charge in [0.05, 0.1) is 0 Å². The summed E-state index contributed by atoms with van der Waals surface area (Å²) in [5.41, 5.74) is 6.61. The second-order valence-electron chi connectivity index (χ2n) is 3.78. The third kappa shape index (κ3) is 2.48. The minimum atomic E-state index is -0.0727. The standard InChI is InChI=1S/C10H13N7S/c1-5-4-7(8(11)12)14-9(13-5)18-10-16-15-6(2)17(10)3/h4H,1-3H3,(H3,11,12). The summed E-state index contributed by atoms with van der Waals surface area (Å²) < 4.78 is 1.85. The van der Waals surface area contributed by atoms with Crippen LogP contribution in [0.2, 0.25) is 0 Å². The fourth-order valence-corrected chi connectivity index (χ4v) is 2.13. The molecule has 0 saturated carbocycles. The lowest BCUT2D eigenvalue weighted by atomic mass is 10.3. The van der Waals surface area contributed by atoms with Crippen LogP contribution in [0.4, 0.5) is 0 Å². The van der Waals surface area contributed by atoms with E-state index in [-0.39, 0.29) is 5.84 Å². The maximum absolute atomic E-state index is 7.40. The first-order chi connectivity index (χ1) is 8.47. The van der Waals surface area contributed by atoms with Crippen LogP contribution in [0.25, 0.3) is 0 Å². The Balaban J connectivity index is 2.34. The summed E-state index contributed by atoms with van der Waals surface area (Å²) in [6.07, 6.45) is 0. The van der Waals surface area contributed by atoms with E-state index in [9.17, 15) is 0 Å². The van der Waals surface area contributed by atoms with Crippen molar-refractivity contribution >= 4 is 17.6 Å². The van der Waals surface area contributed by atoms with E-state index in [0.29, 0.717) is 16.0 Å². The van der Waals surface area contributed by atoms with Crippen LogP contribution in [0.3, 0.4) is 0 Å². The number of aryl methyl sites for hydroxylation is 2. The van der Waals surface area contributed by atoms with E-state index >= 15 is 0 Å². The molecule has 3 N–H and O–H groups in total. The summed E-state index contributed by atoms with van der Waals surface area (Å²) in [5.74, 6) is 0.744. The zero-order valence-corrected chi connectivity index (χ0v) is 11.1. The van der Waals surface area contributed by atoms with E-state index < -0.39 is 0 Å². The van der Waals surface area contributed by atoms with Crippen LogP contribution in [-0.2, 0) is 7.05 Å². The van der Waals surface area contributed by atoms with Crippen molar-refractivity contribution in [3.05, 3.63) is 23.3 Å². The van der Waals surface area contributed by atoms with Crippen LogP contribution in [0.5, 0.6) is 0 Å². The molecule has 2 aromatic rings. The number of nitrogens with zero attached hydrogens (tertiary/aromatic N) is 5. The van der Waals surface area contributed by atoms with Gasteiger partial charge in [0.25, 0.3) is 0 Å². The van der Waals surface area contributed by atoms with E-state index in [4.69, 9.17) is 11.1 Å². The van der Waals surface area contributed by atoms with Gasteiger partial charge in [-0.1, -0.05) is 0 Å². The molecule has 2 aromatic heterocycles. The number of hydrogen-bond acceptors (Lipinski definition) is 6. The Labute approximate surface area is 108 Å². The number of nitrogen functional groups attached to an aromatic ring is 1. The Kier molecular flexibility index (Phi) is 3.28. The van der Waals surface area contributed by atoms with E-state index in [1.807, 2.05) is 25.5 Å². The maximum atomic E-state index is 7.40. The average Bonchev–Trinajstić information content (AvgIpc) is 2.60. The van der Waals surface area contributed by atoms with Crippen LogP contribution in [-0.4, -0.2) is 30.6 Å². The Morgan fingerprint density at radius 1 is 1.33 bits per heavy atom.